The molecule has 1 N–H and O–H groups in total. The van der Waals surface area contributed by atoms with E-state index in [1.165, 1.54) is 0 Å². The minimum Gasteiger partial charge on any atom is 1.00 e. The first kappa shape index (κ1) is 22.5. The van der Waals surface area contributed by atoms with Crippen LogP contribution in [0.2, 0.25) is 0 Å². The molecule has 0 spiro atoms. The van der Waals surface area contributed by atoms with Gasteiger partial charge in [0.2, 0.25) is 0 Å². The zero-order valence-corrected chi connectivity index (χ0v) is 11.5. The molecule has 0 amide bonds. The van der Waals surface area contributed by atoms with Gasteiger partial charge >= 0.3 is 85.8 Å². The molecule has 0 aromatic carbocycles. The van der Waals surface area contributed by atoms with Crippen LogP contribution in [0.4, 0.5) is 0 Å². The standard InChI is InChI=1S/C2H6O.2Na.H2O3Se/c1-2-3;;;1-4(2)3/h3H,2H2,1H3;;;(H2,1,2,3)/q;2*+1;/p-2. The van der Waals surface area contributed by atoms with Gasteiger partial charge in [-0.2, -0.15) is 0 Å². The number of aliphatic hydroxyl groups excluding tert-OH is 1. The van der Waals surface area contributed by atoms with E-state index >= 15 is 0 Å². The topological polar surface area (TPSA) is 83.4 Å². The molecule has 0 saturated carbocycles. The van der Waals surface area contributed by atoms with Gasteiger partial charge in [-0.1, -0.05) is 0 Å². The van der Waals surface area contributed by atoms with E-state index < -0.39 is 14.5 Å². The molecule has 0 atom stereocenters. The molecule has 0 unspecified atom stereocenters. The summed E-state index contributed by atoms with van der Waals surface area (Å²) in [4.78, 5) is 0. The van der Waals surface area contributed by atoms with Crippen molar-refractivity contribution in [3.63, 3.8) is 0 Å². The third-order valence-electron chi connectivity index (χ3n) is 0. The number of hydrogen-bond donors (Lipinski definition) is 1. The van der Waals surface area contributed by atoms with E-state index in [4.69, 9.17) is 17.3 Å². The monoisotopic (exact) mass is 220 g/mol. The minimum atomic E-state index is -3.79. The van der Waals surface area contributed by atoms with Crippen LogP contribution in [0.15, 0.2) is 0 Å². The van der Waals surface area contributed by atoms with Crippen molar-refractivity contribution in [2.75, 3.05) is 6.61 Å². The van der Waals surface area contributed by atoms with Crippen LogP contribution in [0.25, 0.3) is 0 Å². The normalized spacial score (nSPS) is 5.89. The molecule has 0 saturated heterocycles. The fraction of sp³-hybridized carbons (Fsp3) is 1.00. The number of rotatable bonds is 0. The molecule has 0 aromatic rings. The van der Waals surface area contributed by atoms with E-state index in [-0.39, 0.29) is 65.7 Å². The molecule has 0 bridgehead atoms. The first-order chi connectivity index (χ1) is 3.15. The van der Waals surface area contributed by atoms with E-state index in [0.717, 1.165) is 0 Å². The van der Waals surface area contributed by atoms with E-state index in [2.05, 4.69) is 0 Å². The van der Waals surface area contributed by atoms with Crippen LogP contribution in [-0.2, 0) is 3.83 Å². The Labute approximate surface area is 103 Å². The van der Waals surface area contributed by atoms with E-state index in [1.54, 1.807) is 6.92 Å². The molecular weight excluding hydrogens is 213 g/mol. The molecule has 0 rings (SSSR count). The Bertz CT molecular complexity index is 47.8. The Morgan fingerprint density at radius 3 is 1.44 bits per heavy atom. The van der Waals surface area contributed by atoms with Crippen LogP contribution in [-0.4, -0.2) is 26.2 Å². The summed E-state index contributed by atoms with van der Waals surface area (Å²) in [5, 5.41) is 7.57. The average Bonchev–Trinajstić information content (AvgIpc) is 1.33. The van der Waals surface area contributed by atoms with Crippen molar-refractivity contribution in [2.24, 2.45) is 0 Å². The molecule has 0 heterocycles. The second-order valence-electron chi connectivity index (χ2n) is 0.520. The van der Waals surface area contributed by atoms with Gasteiger partial charge in [-0.15, -0.1) is 0 Å². The molecule has 0 aliphatic rings. The smallest absolute Gasteiger partial charge is 1.00 e. The van der Waals surface area contributed by atoms with Crippen molar-refractivity contribution in [1.29, 1.82) is 0 Å². The summed E-state index contributed by atoms with van der Waals surface area (Å²) >= 11 is -3.79. The molecule has 0 radical (unpaired) electrons. The number of hydrogen-bond acceptors (Lipinski definition) is 4. The third-order valence-corrected chi connectivity index (χ3v) is 0. The fourth-order valence-electron chi connectivity index (χ4n) is 0. The van der Waals surface area contributed by atoms with Crippen molar-refractivity contribution in [3.8, 4) is 0 Å². The second-order valence-corrected chi connectivity index (χ2v) is 1.38. The predicted octanol–water partition coefficient (Wildman–Crippen LogP) is -8.87. The molecule has 0 aliphatic carbocycles. The summed E-state index contributed by atoms with van der Waals surface area (Å²) in [5.41, 5.74) is 0. The summed E-state index contributed by atoms with van der Waals surface area (Å²) < 4.78 is 25.6. The Morgan fingerprint density at radius 1 is 1.44 bits per heavy atom. The average molecular weight is 219 g/mol. The fourth-order valence-corrected chi connectivity index (χ4v) is 0. The van der Waals surface area contributed by atoms with Crippen LogP contribution in [0.3, 0.4) is 0 Å². The first-order valence-corrected chi connectivity index (χ1v) is 3.62. The van der Waals surface area contributed by atoms with Crippen LogP contribution < -0.4 is 67.5 Å². The molecule has 0 aromatic heterocycles. The summed E-state index contributed by atoms with van der Waals surface area (Å²) in [6.45, 7) is 1.93. The van der Waals surface area contributed by atoms with Gasteiger partial charge in [0, 0.05) is 6.61 Å². The molecular formula is C2H6Na2O4Se. The third kappa shape index (κ3) is 142. The Morgan fingerprint density at radius 2 is 1.44 bits per heavy atom. The maximum Gasteiger partial charge on any atom is 1.00 e. The largest absolute Gasteiger partial charge is 1.00 e. The summed E-state index contributed by atoms with van der Waals surface area (Å²) in [6, 6.07) is 0. The number of aliphatic hydroxyl groups is 1. The van der Waals surface area contributed by atoms with Crippen LogP contribution >= 0.6 is 0 Å². The molecule has 46 valence electrons. The van der Waals surface area contributed by atoms with E-state index in [0.29, 0.717) is 0 Å². The van der Waals surface area contributed by atoms with E-state index in [9.17, 15) is 0 Å². The van der Waals surface area contributed by atoms with Gasteiger partial charge in [0.1, 0.15) is 0 Å². The van der Waals surface area contributed by atoms with Crippen LogP contribution in [0.1, 0.15) is 6.92 Å². The van der Waals surface area contributed by atoms with Crippen molar-refractivity contribution in [1.82, 2.24) is 0 Å². The van der Waals surface area contributed by atoms with Gasteiger partial charge in [0.25, 0.3) is 0 Å². The zero-order valence-electron chi connectivity index (χ0n) is 5.79. The predicted molar refractivity (Wildman–Crippen MR) is 19.2 cm³/mol. The maximum absolute atomic E-state index is 8.54. The summed E-state index contributed by atoms with van der Waals surface area (Å²) in [7, 11) is 0. The van der Waals surface area contributed by atoms with Crippen molar-refractivity contribution < 1.29 is 76.4 Å². The first-order valence-electron chi connectivity index (χ1n) is 1.52. The van der Waals surface area contributed by atoms with Gasteiger partial charge < -0.3 is 5.11 Å². The van der Waals surface area contributed by atoms with Gasteiger partial charge in [-0.25, -0.2) is 0 Å². The quantitative estimate of drug-likeness (QED) is 0.410. The van der Waals surface area contributed by atoms with Crippen LogP contribution in [0, 0.1) is 0 Å². The van der Waals surface area contributed by atoms with Crippen LogP contribution in [0.5, 0.6) is 0 Å². The van der Waals surface area contributed by atoms with Gasteiger partial charge in [0.15, 0.2) is 0 Å². The van der Waals surface area contributed by atoms with Crippen molar-refractivity contribution in [3.05, 3.63) is 0 Å². The second kappa shape index (κ2) is 22.5. The Balaban J connectivity index is -0.0000000233. The molecule has 7 heteroatoms. The summed E-state index contributed by atoms with van der Waals surface area (Å²) in [6.07, 6.45) is 0. The van der Waals surface area contributed by atoms with Crippen molar-refractivity contribution >= 4 is 14.5 Å². The molecule has 4 nitrogen and oxygen atoms in total. The maximum atomic E-state index is 8.54. The van der Waals surface area contributed by atoms with Gasteiger partial charge in [0.05, 0.1) is 0 Å². The minimum absolute atomic E-state index is 0. The zero-order chi connectivity index (χ0) is 6.28. The van der Waals surface area contributed by atoms with E-state index in [1.807, 2.05) is 0 Å². The SMILES string of the molecule is CCO.O=[Se]([O-])[O-].[Na+].[Na+]. The molecule has 0 aliphatic heterocycles. The van der Waals surface area contributed by atoms with Gasteiger partial charge in [-0.05, 0) is 6.92 Å². The molecule has 9 heavy (non-hydrogen) atoms. The van der Waals surface area contributed by atoms with Crippen molar-refractivity contribution in [2.45, 2.75) is 6.92 Å². The molecule has 0 fully saturated rings. The Kier molecular flexibility index (Phi) is 56.1. The Hall–Kier alpha value is 2.20. The summed E-state index contributed by atoms with van der Waals surface area (Å²) in [5.74, 6) is 0. The van der Waals surface area contributed by atoms with Gasteiger partial charge in [-0.3, -0.25) is 0 Å².